The predicted octanol–water partition coefficient (Wildman–Crippen LogP) is 2.77. The van der Waals surface area contributed by atoms with Crippen molar-refractivity contribution in [3.63, 3.8) is 0 Å². The van der Waals surface area contributed by atoms with Gasteiger partial charge < -0.3 is 4.84 Å². The molecular formula is C12H17NO. The van der Waals surface area contributed by atoms with Gasteiger partial charge in [0.15, 0.2) is 0 Å². The van der Waals surface area contributed by atoms with Crippen molar-refractivity contribution in [2.45, 2.75) is 26.2 Å². The summed E-state index contributed by atoms with van der Waals surface area (Å²) in [5.74, 6) is 0.965. The molecule has 1 saturated heterocycles. The van der Waals surface area contributed by atoms with Crippen molar-refractivity contribution >= 4 is 0 Å². The Labute approximate surface area is 85.4 Å². The number of benzene rings is 1. The lowest BCUT2D eigenvalue weighted by Crippen LogP contribution is -2.32. The summed E-state index contributed by atoms with van der Waals surface area (Å²) < 4.78 is 0. The molecule has 0 N–H and O–H groups in total. The van der Waals surface area contributed by atoms with Gasteiger partial charge in [-0.05, 0) is 37.5 Å². The van der Waals surface area contributed by atoms with Crippen LogP contribution in [-0.4, -0.2) is 18.2 Å². The van der Waals surface area contributed by atoms with Gasteiger partial charge >= 0.3 is 0 Å². The van der Waals surface area contributed by atoms with Crippen molar-refractivity contribution in [3.8, 4) is 5.75 Å². The van der Waals surface area contributed by atoms with Crippen LogP contribution in [0.1, 0.15) is 24.8 Å². The van der Waals surface area contributed by atoms with Gasteiger partial charge in [-0.15, -0.1) is 5.06 Å². The van der Waals surface area contributed by atoms with Crippen molar-refractivity contribution in [2.24, 2.45) is 0 Å². The molecule has 0 saturated carbocycles. The van der Waals surface area contributed by atoms with Crippen LogP contribution in [0.25, 0.3) is 0 Å². The largest absolute Gasteiger partial charge is 0.406 e. The first kappa shape index (κ1) is 9.53. The monoisotopic (exact) mass is 191 g/mol. The fourth-order valence-corrected chi connectivity index (χ4v) is 1.78. The molecule has 0 amide bonds. The SMILES string of the molecule is Cc1cccc(ON2CCCCC2)c1. The molecule has 76 valence electrons. The molecule has 0 spiro atoms. The maximum Gasteiger partial charge on any atom is 0.147 e. The molecule has 1 aromatic carbocycles. The smallest absolute Gasteiger partial charge is 0.147 e. The number of aryl methyl sites for hydroxylation is 1. The lowest BCUT2D eigenvalue weighted by molar-refractivity contribution is -0.0720. The van der Waals surface area contributed by atoms with E-state index < -0.39 is 0 Å². The number of piperidine rings is 1. The number of hydroxylamine groups is 2. The zero-order valence-electron chi connectivity index (χ0n) is 8.70. The molecule has 1 aromatic rings. The minimum Gasteiger partial charge on any atom is -0.406 e. The van der Waals surface area contributed by atoms with Crippen LogP contribution in [-0.2, 0) is 0 Å². The Morgan fingerprint density at radius 2 is 1.93 bits per heavy atom. The van der Waals surface area contributed by atoms with Crippen LogP contribution in [0, 0.1) is 6.92 Å². The van der Waals surface area contributed by atoms with Crippen molar-refractivity contribution in [1.82, 2.24) is 5.06 Å². The summed E-state index contributed by atoms with van der Waals surface area (Å²) in [6.07, 6.45) is 3.85. The van der Waals surface area contributed by atoms with Gasteiger partial charge in [0.1, 0.15) is 5.75 Å². The number of nitrogens with zero attached hydrogens (tertiary/aromatic N) is 1. The van der Waals surface area contributed by atoms with Crippen molar-refractivity contribution in [2.75, 3.05) is 13.1 Å². The van der Waals surface area contributed by atoms with Crippen LogP contribution in [0.15, 0.2) is 24.3 Å². The molecule has 0 radical (unpaired) electrons. The predicted molar refractivity (Wildman–Crippen MR) is 57.2 cm³/mol. The van der Waals surface area contributed by atoms with E-state index in [1.54, 1.807) is 0 Å². The molecule has 2 nitrogen and oxygen atoms in total. The van der Waals surface area contributed by atoms with Gasteiger partial charge in [-0.3, -0.25) is 0 Å². The van der Waals surface area contributed by atoms with E-state index in [2.05, 4.69) is 24.1 Å². The van der Waals surface area contributed by atoms with Gasteiger partial charge in [-0.25, -0.2) is 0 Å². The summed E-state index contributed by atoms with van der Waals surface area (Å²) in [7, 11) is 0. The zero-order valence-corrected chi connectivity index (χ0v) is 8.70. The molecule has 0 bridgehead atoms. The van der Waals surface area contributed by atoms with E-state index >= 15 is 0 Å². The number of hydrogen-bond donors (Lipinski definition) is 0. The Morgan fingerprint density at radius 1 is 1.14 bits per heavy atom. The Balaban J connectivity index is 1.95. The van der Waals surface area contributed by atoms with E-state index in [0.29, 0.717) is 0 Å². The summed E-state index contributed by atoms with van der Waals surface area (Å²) >= 11 is 0. The molecule has 0 unspecified atom stereocenters. The number of hydrogen-bond acceptors (Lipinski definition) is 2. The van der Waals surface area contributed by atoms with Crippen LogP contribution >= 0.6 is 0 Å². The first-order chi connectivity index (χ1) is 6.84. The van der Waals surface area contributed by atoms with Gasteiger partial charge in [0, 0.05) is 13.1 Å². The van der Waals surface area contributed by atoms with Crippen molar-refractivity contribution < 1.29 is 4.84 Å². The molecule has 0 atom stereocenters. The van der Waals surface area contributed by atoms with Crippen LogP contribution in [0.3, 0.4) is 0 Å². The first-order valence-corrected chi connectivity index (χ1v) is 5.34. The molecule has 1 aliphatic heterocycles. The maximum absolute atomic E-state index is 5.77. The van der Waals surface area contributed by atoms with Crippen LogP contribution in [0.4, 0.5) is 0 Å². The molecule has 0 aromatic heterocycles. The van der Waals surface area contributed by atoms with E-state index in [-0.39, 0.29) is 0 Å². The Morgan fingerprint density at radius 3 is 2.64 bits per heavy atom. The molecule has 14 heavy (non-hydrogen) atoms. The standard InChI is InChI=1S/C12H17NO/c1-11-6-5-7-12(10-11)14-13-8-3-2-4-9-13/h5-7,10H,2-4,8-9H2,1H3. The molecule has 2 rings (SSSR count). The third-order valence-corrected chi connectivity index (χ3v) is 2.54. The minimum absolute atomic E-state index is 0.965. The van der Waals surface area contributed by atoms with Crippen LogP contribution in [0.5, 0.6) is 5.75 Å². The highest BCUT2D eigenvalue weighted by Crippen LogP contribution is 2.16. The van der Waals surface area contributed by atoms with Gasteiger partial charge in [0.2, 0.25) is 0 Å². The van der Waals surface area contributed by atoms with Gasteiger partial charge in [-0.1, -0.05) is 18.6 Å². The maximum atomic E-state index is 5.77. The molecule has 1 aliphatic rings. The second-order valence-electron chi connectivity index (χ2n) is 3.90. The van der Waals surface area contributed by atoms with Crippen molar-refractivity contribution in [3.05, 3.63) is 29.8 Å². The Kier molecular flexibility index (Phi) is 3.04. The normalized spacial score (nSPS) is 18.1. The topological polar surface area (TPSA) is 12.5 Å². The average molecular weight is 191 g/mol. The Bertz CT molecular complexity index is 292. The second-order valence-corrected chi connectivity index (χ2v) is 3.90. The second kappa shape index (κ2) is 4.47. The van der Waals surface area contributed by atoms with Crippen LogP contribution < -0.4 is 4.84 Å². The van der Waals surface area contributed by atoms with E-state index in [0.717, 1.165) is 18.8 Å². The fraction of sp³-hybridized carbons (Fsp3) is 0.500. The van der Waals surface area contributed by atoms with Gasteiger partial charge in [0.25, 0.3) is 0 Å². The summed E-state index contributed by atoms with van der Waals surface area (Å²) in [5.41, 5.74) is 1.25. The minimum atomic E-state index is 0.965. The molecule has 1 heterocycles. The molecule has 1 fully saturated rings. The van der Waals surface area contributed by atoms with E-state index in [9.17, 15) is 0 Å². The van der Waals surface area contributed by atoms with E-state index in [1.165, 1.54) is 24.8 Å². The van der Waals surface area contributed by atoms with Gasteiger partial charge in [0.05, 0.1) is 0 Å². The van der Waals surface area contributed by atoms with E-state index in [4.69, 9.17) is 4.84 Å². The Hall–Kier alpha value is -1.02. The summed E-state index contributed by atoms with van der Waals surface area (Å²) in [6.45, 7) is 4.21. The average Bonchev–Trinajstić information content (AvgIpc) is 2.19. The molecule has 0 aliphatic carbocycles. The lowest BCUT2D eigenvalue weighted by Gasteiger charge is -2.26. The third-order valence-electron chi connectivity index (χ3n) is 2.54. The highest BCUT2D eigenvalue weighted by Gasteiger charge is 2.11. The van der Waals surface area contributed by atoms with E-state index in [1.807, 2.05) is 12.1 Å². The summed E-state index contributed by atoms with van der Waals surface area (Å²) in [6, 6.07) is 8.22. The molecule has 2 heteroatoms. The third kappa shape index (κ3) is 2.48. The summed E-state index contributed by atoms with van der Waals surface area (Å²) in [5, 5.41) is 2.07. The first-order valence-electron chi connectivity index (χ1n) is 5.34. The fourth-order valence-electron chi connectivity index (χ4n) is 1.78. The zero-order chi connectivity index (χ0) is 9.80. The highest BCUT2D eigenvalue weighted by molar-refractivity contribution is 5.27. The quantitative estimate of drug-likeness (QED) is 0.712. The lowest BCUT2D eigenvalue weighted by atomic mass is 10.2. The van der Waals surface area contributed by atoms with Crippen LogP contribution in [0.2, 0.25) is 0 Å². The van der Waals surface area contributed by atoms with Gasteiger partial charge in [-0.2, -0.15) is 0 Å². The summed E-state index contributed by atoms with van der Waals surface area (Å²) in [4.78, 5) is 5.77. The van der Waals surface area contributed by atoms with Crippen molar-refractivity contribution in [1.29, 1.82) is 0 Å². The highest BCUT2D eigenvalue weighted by atomic mass is 16.7. The molecular weight excluding hydrogens is 174 g/mol. The number of rotatable bonds is 2.